The van der Waals surface area contributed by atoms with Crippen LogP contribution in [0.2, 0.25) is 0 Å². The Bertz CT molecular complexity index is 995. The van der Waals surface area contributed by atoms with Crippen LogP contribution in [-0.2, 0) is 4.79 Å². The number of benzene rings is 2. The van der Waals surface area contributed by atoms with E-state index in [1.54, 1.807) is 44.1 Å². The lowest BCUT2D eigenvalue weighted by Crippen LogP contribution is -2.66. The molecule has 3 atom stereocenters. The minimum atomic E-state index is -0.600. The Labute approximate surface area is 183 Å². The van der Waals surface area contributed by atoms with E-state index >= 15 is 0 Å². The van der Waals surface area contributed by atoms with Gasteiger partial charge in [-0.2, -0.15) is 5.26 Å². The van der Waals surface area contributed by atoms with Crippen molar-refractivity contribution in [2.24, 2.45) is 0 Å². The number of aliphatic hydroxyl groups excluding tert-OH is 1. The molecule has 162 valence electrons. The Kier molecular flexibility index (Phi) is 6.74. The molecule has 0 spiro atoms. The zero-order chi connectivity index (χ0) is 22.7. The van der Waals surface area contributed by atoms with E-state index in [1.165, 1.54) is 4.90 Å². The molecule has 0 aromatic heterocycles. The summed E-state index contributed by atoms with van der Waals surface area (Å²) in [5, 5.41) is 19.6. The molecule has 2 aromatic rings. The molecule has 0 saturated carbocycles. The summed E-state index contributed by atoms with van der Waals surface area (Å²) in [7, 11) is 7.03. The first-order valence-corrected chi connectivity index (χ1v) is 10.2. The van der Waals surface area contributed by atoms with Gasteiger partial charge in [-0.3, -0.25) is 9.59 Å². The Balaban J connectivity index is 1.83. The fourth-order valence-electron chi connectivity index (χ4n) is 4.09. The van der Waals surface area contributed by atoms with Crippen LogP contribution in [0, 0.1) is 11.3 Å². The maximum atomic E-state index is 12.5. The van der Waals surface area contributed by atoms with E-state index in [9.17, 15) is 20.0 Å². The second kappa shape index (κ2) is 9.29. The van der Waals surface area contributed by atoms with Crippen LogP contribution < -0.4 is 0 Å². The number of amides is 2. The van der Waals surface area contributed by atoms with Crippen LogP contribution in [0.15, 0.2) is 48.5 Å². The van der Waals surface area contributed by atoms with Crippen LogP contribution in [-0.4, -0.2) is 85.0 Å². The minimum Gasteiger partial charge on any atom is -0.394 e. The zero-order valence-corrected chi connectivity index (χ0v) is 18.3. The van der Waals surface area contributed by atoms with Crippen molar-refractivity contribution in [3.63, 3.8) is 0 Å². The molecule has 2 aromatic carbocycles. The molecule has 7 nitrogen and oxygen atoms in total. The first kappa shape index (κ1) is 22.5. The number of nitriles is 1. The van der Waals surface area contributed by atoms with Crippen molar-refractivity contribution < 1.29 is 14.7 Å². The fourth-order valence-corrected chi connectivity index (χ4v) is 4.09. The van der Waals surface area contributed by atoms with Crippen LogP contribution in [0.25, 0.3) is 11.1 Å². The zero-order valence-electron chi connectivity index (χ0n) is 18.3. The topological polar surface area (TPSA) is 87.9 Å². The molecule has 0 bridgehead atoms. The van der Waals surface area contributed by atoms with Crippen LogP contribution in [0.3, 0.4) is 0 Å². The van der Waals surface area contributed by atoms with Crippen LogP contribution in [0.1, 0.15) is 21.8 Å². The number of hydrogen-bond acceptors (Lipinski definition) is 5. The van der Waals surface area contributed by atoms with E-state index in [4.69, 9.17) is 0 Å². The number of likely N-dealkylation sites (N-methyl/N-ethyl adjacent to an activating group) is 1. The molecule has 0 unspecified atom stereocenters. The summed E-state index contributed by atoms with van der Waals surface area (Å²) in [6.07, 6.45) is 0. The van der Waals surface area contributed by atoms with E-state index in [2.05, 4.69) is 6.07 Å². The first-order valence-electron chi connectivity index (χ1n) is 10.2. The molecule has 7 heteroatoms. The van der Waals surface area contributed by atoms with E-state index in [-0.39, 0.29) is 30.9 Å². The highest BCUT2D eigenvalue weighted by Gasteiger charge is 2.51. The normalized spacial score (nSPS) is 20.2. The highest BCUT2D eigenvalue weighted by Crippen LogP contribution is 2.41. The molecule has 1 saturated heterocycles. The summed E-state index contributed by atoms with van der Waals surface area (Å²) >= 11 is 0. The van der Waals surface area contributed by atoms with Crippen molar-refractivity contribution >= 4 is 11.8 Å². The minimum absolute atomic E-state index is 0.0573. The number of likely N-dealkylation sites (tertiary alicyclic amines) is 1. The molecule has 0 radical (unpaired) electrons. The van der Waals surface area contributed by atoms with Gasteiger partial charge in [-0.15, -0.1) is 0 Å². The third-order valence-electron chi connectivity index (χ3n) is 5.62. The van der Waals surface area contributed by atoms with Gasteiger partial charge in [-0.25, -0.2) is 0 Å². The number of carbonyl (C=O) groups excluding carboxylic acids is 2. The van der Waals surface area contributed by atoms with Crippen molar-refractivity contribution in [3.8, 4) is 17.2 Å². The van der Waals surface area contributed by atoms with Gasteiger partial charge in [0.05, 0.1) is 25.3 Å². The molecular weight excluding hydrogens is 392 g/mol. The van der Waals surface area contributed by atoms with E-state index < -0.39 is 12.1 Å². The lowest BCUT2D eigenvalue weighted by Gasteiger charge is -2.51. The summed E-state index contributed by atoms with van der Waals surface area (Å²) in [5.41, 5.74) is 3.39. The van der Waals surface area contributed by atoms with Gasteiger partial charge in [0, 0.05) is 25.6 Å². The molecule has 3 rings (SSSR count). The predicted molar refractivity (Wildman–Crippen MR) is 118 cm³/mol. The van der Waals surface area contributed by atoms with Crippen molar-refractivity contribution in [2.45, 2.75) is 18.0 Å². The second-order valence-electron chi connectivity index (χ2n) is 8.29. The van der Waals surface area contributed by atoms with Gasteiger partial charge in [0.2, 0.25) is 5.91 Å². The van der Waals surface area contributed by atoms with Gasteiger partial charge in [0.15, 0.2) is 0 Å². The molecule has 1 heterocycles. The highest BCUT2D eigenvalue weighted by molar-refractivity contribution is 5.95. The van der Waals surface area contributed by atoms with Gasteiger partial charge in [-0.1, -0.05) is 36.4 Å². The van der Waals surface area contributed by atoms with E-state index in [0.717, 1.165) is 16.7 Å². The molecule has 1 fully saturated rings. The molecule has 1 aliphatic heterocycles. The summed E-state index contributed by atoms with van der Waals surface area (Å²) in [5.74, 6) is -0.458. The monoisotopic (exact) mass is 420 g/mol. The Morgan fingerprint density at radius 3 is 2.29 bits per heavy atom. The van der Waals surface area contributed by atoms with Gasteiger partial charge in [0.1, 0.15) is 6.04 Å². The van der Waals surface area contributed by atoms with Crippen molar-refractivity contribution in [1.82, 2.24) is 14.7 Å². The summed E-state index contributed by atoms with van der Waals surface area (Å²) in [4.78, 5) is 29.5. The summed E-state index contributed by atoms with van der Waals surface area (Å²) < 4.78 is 0. The third kappa shape index (κ3) is 4.46. The van der Waals surface area contributed by atoms with E-state index in [0.29, 0.717) is 5.56 Å². The first-order chi connectivity index (χ1) is 14.8. The maximum absolute atomic E-state index is 12.5. The molecular formula is C24H28N4O3. The third-order valence-corrected chi connectivity index (χ3v) is 5.62. The highest BCUT2D eigenvalue weighted by atomic mass is 16.3. The van der Waals surface area contributed by atoms with Crippen molar-refractivity contribution in [2.75, 3.05) is 41.3 Å². The smallest absolute Gasteiger partial charge is 0.253 e. The molecule has 2 amide bonds. The van der Waals surface area contributed by atoms with Crippen LogP contribution in [0.5, 0.6) is 0 Å². The quantitative estimate of drug-likeness (QED) is 0.770. The largest absolute Gasteiger partial charge is 0.394 e. The molecule has 0 aliphatic carbocycles. The summed E-state index contributed by atoms with van der Waals surface area (Å²) in [6.45, 7) is 0.000800. The standard InChI is InChI=1S/C24H28N4O3/c1-26(2)14-22(30)28-20(13-25)23(21(28)15-29)17-10-8-16(9-11-17)18-6-5-7-19(12-18)24(31)27(3)4/h5-12,20-21,23,29H,14-15H2,1-4H3/t20-,21-,23+/m0/s1. The SMILES string of the molecule is CN(C)CC(=O)N1[C@@H](C#N)[C@@H](c2ccc(-c3cccc(C(=O)N(C)C)c3)cc2)[C@@H]1CO. The van der Waals surface area contributed by atoms with Gasteiger partial charge < -0.3 is 19.8 Å². The van der Waals surface area contributed by atoms with Gasteiger partial charge in [-0.05, 0) is 42.9 Å². The lowest BCUT2D eigenvalue weighted by atomic mass is 9.75. The molecule has 31 heavy (non-hydrogen) atoms. The van der Waals surface area contributed by atoms with Crippen LogP contribution in [0.4, 0.5) is 0 Å². The van der Waals surface area contributed by atoms with Gasteiger partial charge >= 0.3 is 0 Å². The average Bonchev–Trinajstić information content (AvgIpc) is 2.73. The maximum Gasteiger partial charge on any atom is 0.253 e. The van der Waals surface area contributed by atoms with Crippen molar-refractivity contribution in [3.05, 3.63) is 59.7 Å². The molecule has 1 N–H and O–H groups in total. The number of rotatable bonds is 6. The average molecular weight is 421 g/mol. The second-order valence-corrected chi connectivity index (χ2v) is 8.29. The number of aliphatic hydroxyl groups is 1. The number of carbonyl (C=O) groups is 2. The summed E-state index contributed by atoms with van der Waals surface area (Å²) in [6, 6.07) is 16.4. The predicted octanol–water partition coefficient (Wildman–Crippen LogP) is 1.80. The lowest BCUT2D eigenvalue weighted by molar-refractivity contribution is -0.147. The fraction of sp³-hybridized carbons (Fsp3) is 0.375. The number of hydrogen-bond donors (Lipinski definition) is 1. The Morgan fingerprint density at radius 1 is 1.06 bits per heavy atom. The van der Waals surface area contributed by atoms with E-state index in [1.807, 2.05) is 42.5 Å². The van der Waals surface area contributed by atoms with Crippen LogP contribution >= 0.6 is 0 Å². The number of nitrogens with zero attached hydrogens (tertiary/aromatic N) is 4. The Hall–Kier alpha value is -3.21. The van der Waals surface area contributed by atoms with Gasteiger partial charge in [0.25, 0.3) is 5.91 Å². The Morgan fingerprint density at radius 2 is 1.74 bits per heavy atom. The molecule has 1 aliphatic rings. The van der Waals surface area contributed by atoms with Crippen molar-refractivity contribution in [1.29, 1.82) is 5.26 Å².